The third-order valence-corrected chi connectivity index (χ3v) is 4.85. The van der Waals surface area contributed by atoms with E-state index in [2.05, 4.69) is 14.9 Å². The Morgan fingerprint density at radius 3 is 2.13 bits per heavy atom. The highest BCUT2D eigenvalue weighted by Crippen LogP contribution is 2.27. The molecule has 1 heterocycles. The Morgan fingerprint density at radius 2 is 1.61 bits per heavy atom. The van der Waals surface area contributed by atoms with E-state index in [9.17, 15) is 18.4 Å². The van der Waals surface area contributed by atoms with E-state index in [4.69, 9.17) is 0 Å². The zero-order valence-corrected chi connectivity index (χ0v) is 18.1. The van der Waals surface area contributed by atoms with Gasteiger partial charge in [0.2, 0.25) is 5.91 Å². The molecule has 0 spiro atoms. The molecule has 1 N–H and O–H groups in total. The second-order valence-corrected chi connectivity index (χ2v) is 8.65. The average molecular weight is 445 g/mol. The van der Waals surface area contributed by atoms with Crippen LogP contribution in [0.3, 0.4) is 0 Å². The lowest BCUT2D eigenvalue weighted by Gasteiger charge is -2.33. The van der Waals surface area contributed by atoms with Gasteiger partial charge in [-0.3, -0.25) is 9.59 Å². The number of nitrogens with zero attached hydrogens (tertiary/aromatic N) is 3. The minimum Gasteiger partial charge on any atom is -0.349 e. The van der Waals surface area contributed by atoms with Crippen molar-refractivity contribution in [1.29, 1.82) is 0 Å². The molecule has 0 saturated carbocycles. The molecule has 1 aromatic heterocycles. The first-order valence-corrected chi connectivity index (χ1v) is 10.4. The highest BCUT2D eigenvalue weighted by atomic mass is 32.1. The number of halogens is 2. The van der Waals surface area contributed by atoms with Gasteiger partial charge in [-0.15, -0.1) is 5.10 Å². The molecule has 2 amide bonds. The van der Waals surface area contributed by atoms with Gasteiger partial charge in [0.05, 0.1) is 0 Å². The van der Waals surface area contributed by atoms with Crippen LogP contribution in [-0.4, -0.2) is 31.8 Å². The summed E-state index contributed by atoms with van der Waals surface area (Å²) >= 11 is 1.01. The van der Waals surface area contributed by atoms with Crippen LogP contribution in [0.4, 0.5) is 8.78 Å². The van der Waals surface area contributed by atoms with Gasteiger partial charge < -0.3 is 10.2 Å². The van der Waals surface area contributed by atoms with Crippen molar-refractivity contribution >= 4 is 23.3 Å². The summed E-state index contributed by atoms with van der Waals surface area (Å²) in [6.07, 6.45) is 0. The Morgan fingerprint density at radius 1 is 1.03 bits per heavy atom. The summed E-state index contributed by atoms with van der Waals surface area (Å²) in [5.74, 6) is -1.82. The van der Waals surface area contributed by atoms with Gasteiger partial charge >= 0.3 is 0 Å². The van der Waals surface area contributed by atoms with E-state index in [1.165, 1.54) is 58.8 Å². The van der Waals surface area contributed by atoms with Crippen LogP contribution >= 0.6 is 11.5 Å². The molecule has 1 atom stereocenters. The second kappa shape index (κ2) is 9.30. The third kappa shape index (κ3) is 5.91. The van der Waals surface area contributed by atoms with Crippen molar-refractivity contribution in [3.05, 3.63) is 82.4 Å². The molecule has 0 unspecified atom stereocenters. The summed E-state index contributed by atoms with van der Waals surface area (Å²) in [5, 5.41) is 8.22. The van der Waals surface area contributed by atoms with Crippen LogP contribution in [0.25, 0.3) is 0 Å². The Labute approximate surface area is 183 Å². The summed E-state index contributed by atoms with van der Waals surface area (Å²) in [5.41, 5.74) is 0.570. The van der Waals surface area contributed by atoms with Gasteiger partial charge in [0, 0.05) is 17.5 Å². The first-order chi connectivity index (χ1) is 14.6. The molecule has 9 heteroatoms. The van der Waals surface area contributed by atoms with Gasteiger partial charge in [-0.2, -0.15) is 0 Å². The average Bonchev–Trinajstić information content (AvgIpc) is 3.23. The first kappa shape index (κ1) is 22.5. The van der Waals surface area contributed by atoms with Gasteiger partial charge in [0.25, 0.3) is 5.91 Å². The molecule has 3 rings (SSSR count). The monoisotopic (exact) mass is 444 g/mol. The van der Waals surface area contributed by atoms with Crippen molar-refractivity contribution in [2.75, 3.05) is 0 Å². The lowest BCUT2D eigenvalue weighted by molar-refractivity contribution is -0.127. The number of nitrogens with one attached hydrogen (secondary N) is 1. The maximum atomic E-state index is 13.6. The number of carbonyl (C=O) groups is 2. The fourth-order valence-electron chi connectivity index (χ4n) is 3.03. The number of amides is 2. The van der Waals surface area contributed by atoms with E-state index < -0.39 is 35.0 Å². The SMILES string of the molecule is CC(C)(C)NC(=O)[C@@H](c1ccc(F)cc1)N(Cc1ccc(F)cc1)C(=O)c1csnn1. The fraction of sp³-hybridized carbons (Fsp3) is 0.273. The predicted octanol–water partition coefficient (Wildman–Crippen LogP) is 4.11. The molecule has 0 aliphatic carbocycles. The summed E-state index contributed by atoms with van der Waals surface area (Å²) in [7, 11) is 0. The van der Waals surface area contributed by atoms with Crippen LogP contribution in [0, 0.1) is 11.6 Å². The Kier molecular flexibility index (Phi) is 6.74. The highest BCUT2D eigenvalue weighted by molar-refractivity contribution is 7.03. The summed E-state index contributed by atoms with van der Waals surface area (Å²) in [6.45, 7) is 5.48. The van der Waals surface area contributed by atoms with Crippen molar-refractivity contribution in [1.82, 2.24) is 19.8 Å². The zero-order valence-electron chi connectivity index (χ0n) is 17.3. The number of aromatic nitrogens is 2. The molecule has 2 aromatic carbocycles. The van der Waals surface area contributed by atoms with Gasteiger partial charge in [0.1, 0.15) is 17.7 Å². The molecule has 3 aromatic rings. The molecular formula is C22H22F2N4O2S. The van der Waals surface area contributed by atoms with E-state index in [0.29, 0.717) is 11.1 Å². The lowest BCUT2D eigenvalue weighted by atomic mass is 10.0. The van der Waals surface area contributed by atoms with Crippen molar-refractivity contribution in [3.63, 3.8) is 0 Å². The van der Waals surface area contributed by atoms with E-state index >= 15 is 0 Å². The van der Waals surface area contributed by atoms with Gasteiger partial charge in [0.15, 0.2) is 5.69 Å². The molecule has 0 bridgehead atoms. The standard InChI is InChI=1S/C22H22F2N4O2S/c1-22(2,3)25-20(29)19(15-6-10-17(24)11-7-15)28(21(30)18-13-31-27-26-18)12-14-4-8-16(23)9-5-14/h4-11,13,19H,12H2,1-3H3,(H,25,29)/t19-/m1/s1. The van der Waals surface area contributed by atoms with Crippen LogP contribution in [0.2, 0.25) is 0 Å². The van der Waals surface area contributed by atoms with Crippen molar-refractivity contribution in [2.24, 2.45) is 0 Å². The Bertz CT molecular complexity index is 1030. The minimum absolute atomic E-state index is 0.0102. The quantitative estimate of drug-likeness (QED) is 0.621. The predicted molar refractivity (Wildman–Crippen MR) is 113 cm³/mol. The van der Waals surface area contributed by atoms with Gasteiger partial charge in [-0.1, -0.05) is 28.8 Å². The molecule has 0 saturated heterocycles. The fourth-order valence-corrected chi connectivity index (χ4v) is 3.46. The lowest BCUT2D eigenvalue weighted by Crippen LogP contribution is -2.49. The first-order valence-electron chi connectivity index (χ1n) is 9.54. The molecule has 0 aliphatic heterocycles. The maximum Gasteiger partial charge on any atom is 0.276 e. The van der Waals surface area contributed by atoms with Gasteiger partial charge in [-0.25, -0.2) is 8.78 Å². The Hall–Kier alpha value is -3.20. The van der Waals surface area contributed by atoms with Crippen LogP contribution in [0.1, 0.15) is 48.4 Å². The van der Waals surface area contributed by atoms with E-state index in [-0.39, 0.29) is 12.2 Å². The van der Waals surface area contributed by atoms with Gasteiger partial charge in [-0.05, 0) is 67.7 Å². The zero-order chi connectivity index (χ0) is 22.6. The topological polar surface area (TPSA) is 75.2 Å². The molecule has 0 radical (unpaired) electrons. The smallest absolute Gasteiger partial charge is 0.276 e. The second-order valence-electron chi connectivity index (χ2n) is 8.04. The maximum absolute atomic E-state index is 13.6. The van der Waals surface area contributed by atoms with Crippen molar-refractivity contribution in [2.45, 2.75) is 38.9 Å². The van der Waals surface area contributed by atoms with E-state index in [1.54, 1.807) is 0 Å². The van der Waals surface area contributed by atoms with E-state index in [1.807, 2.05) is 20.8 Å². The molecule has 0 aliphatic rings. The van der Waals surface area contributed by atoms with Crippen LogP contribution in [-0.2, 0) is 11.3 Å². The largest absolute Gasteiger partial charge is 0.349 e. The van der Waals surface area contributed by atoms with Crippen LogP contribution < -0.4 is 5.32 Å². The normalized spacial score (nSPS) is 12.3. The highest BCUT2D eigenvalue weighted by Gasteiger charge is 2.34. The summed E-state index contributed by atoms with van der Waals surface area (Å²) in [4.78, 5) is 28.0. The third-order valence-electron chi connectivity index (χ3n) is 4.35. The van der Waals surface area contributed by atoms with Crippen molar-refractivity contribution in [3.8, 4) is 0 Å². The molecule has 0 fully saturated rings. The number of hydrogen-bond donors (Lipinski definition) is 1. The number of carbonyl (C=O) groups excluding carboxylic acids is 2. The van der Waals surface area contributed by atoms with Crippen LogP contribution in [0.15, 0.2) is 53.9 Å². The van der Waals surface area contributed by atoms with Crippen LogP contribution in [0.5, 0.6) is 0 Å². The number of rotatable bonds is 6. The molecular weight excluding hydrogens is 422 g/mol. The number of hydrogen-bond acceptors (Lipinski definition) is 5. The Balaban J connectivity index is 2.08. The minimum atomic E-state index is -1.07. The number of benzene rings is 2. The summed E-state index contributed by atoms with van der Waals surface area (Å²) in [6, 6.07) is 9.97. The summed E-state index contributed by atoms with van der Waals surface area (Å²) < 4.78 is 30.7. The molecule has 31 heavy (non-hydrogen) atoms. The van der Waals surface area contributed by atoms with Crippen molar-refractivity contribution < 1.29 is 18.4 Å². The molecule has 162 valence electrons. The molecule has 6 nitrogen and oxygen atoms in total. The van der Waals surface area contributed by atoms with E-state index in [0.717, 1.165) is 11.5 Å².